The number of methoxy groups -OCH3 is 2. The van der Waals surface area contributed by atoms with Crippen LogP contribution in [0.5, 0.6) is 11.5 Å². The number of nitrogens with one attached hydrogen (secondary N) is 1. The minimum Gasteiger partial charge on any atom is -0.493 e. The van der Waals surface area contributed by atoms with Crippen LogP contribution in [0.3, 0.4) is 0 Å². The average Bonchev–Trinajstić information content (AvgIpc) is 2.69. The second kappa shape index (κ2) is 9.65. The standard InChI is InChI=1S/C21H28N2O5S/c1-6-18(16-9-7-15(2)8-10-16)22-21(24)14-23(29(5,25)26)17-11-12-19(27-3)20(13-17)28-4/h7-13,18H,6,14H2,1-5H3,(H,22,24). The third-order valence-electron chi connectivity index (χ3n) is 4.57. The second-order valence-corrected chi connectivity index (χ2v) is 8.65. The Morgan fingerprint density at radius 2 is 1.69 bits per heavy atom. The molecule has 2 aromatic rings. The molecule has 0 aliphatic heterocycles. The van der Waals surface area contributed by atoms with E-state index in [0.717, 1.165) is 21.7 Å². The number of hydrogen-bond acceptors (Lipinski definition) is 5. The molecule has 0 radical (unpaired) electrons. The number of rotatable bonds is 9. The van der Waals surface area contributed by atoms with Gasteiger partial charge in [0, 0.05) is 6.07 Å². The molecule has 0 spiro atoms. The molecule has 2 aromatic carbocycles. The van der Waals surface area contributed by atoms with Crippen LogP contribution < -0.4 is 19.1 Å². The first-order valence-electron chi connectivity index (χ1n) is 9.25. The van der Waals surface area contributed by atoms with Gasteiger partial charge in [-0.25, -0.2) is 8.42 Å². The lowest BCUT2D eigenvalue weighted by atomic mass is 10.0. The van der Waals surface area contributed by atoms with Crippen LogP contribution in [0.25, 0.3) is 0 Å². The van der Waals surface area contributed by atoms with Gasteiger partial charge in [0.15, 0.2) is 11.5 Å². The van der Waals surface area contributed by atoms with Crippen LogP contribution in [-0.2, 0) is 14.8 Å². The van der Waals surface area contributed by atoms with Gasteiger partial charge in [0.1, 0.15) is 6.54 Å². The Morgan fingerprint density at radius 3 is 2.21 bits per heavy atom. The number of anilines is 1. The third kappa shape index (κ3) is 5.87. The number of hydrogen-bond donors (Lipinski definition) is 1. The number of aryl methyl sites for hydroxylation is 1. The molecular formula is C21H28N2O5S. The SMILES string of the molecule is CCC(NC(=O)CN(c1ccc(OC)c(OC)c1)S(C)(=O)=O)c1ccc(C)cc1. The minimum absolute atomic E-state index is 0.199. The van der Waals surface area contributed by atoms with Crippen molar-refractivity contribution in [2.75, 3.05) is 31.3 Å². The van der Waals surface area contributed by atoms with Crippen LogP contribution >= 0.6 is 0 Å². The van der Waals surface area contributed by atoms with Crippen LogP contribution in [0.1, 0.15) is 30.5 Å². The molecule has 7 nitrogen and oxygen atoms in total. The maximum Gasteiger partial charge on any atom is 0.241 e. The highest BCUT2D eigenvalue weighted by atomic mass is 32.2. The molecule has 1 N–H and O–H groups in total. The zero-order valence-corrected chi connectivity index (χ0v) is 18.2. The van der Waals surface area contributed by atoms with Gasteiger partial charge in [-0.3, -0.25) is 9.10 Å². The Balaban J connectivity index is 2.24. The fraction of sp³-hybridized carbons (Fsp3) is 0.381. The molecule has 0 saturated carbocycles. The molecule has 0 aromatic heterocycles. The predicted molar refractivity (Wildman–Crippen MR) is 114 cm³/mol. The molecule has 1 amide bonds. The molecule has 158 valence electrons. The summed E-state index contributed by atoms with van der Waals surface area (Å²) in [6.45, 7) is 3.63. The lowest BCUT2D eigenvalue weighted by molar-refractivity contribution is -0.120. The first-order chi connectivity index (χ1) is 13.7. The molecule has 0 aliphatic rings. The van der Waals surface area contributed by atoms with Gasteiger partial charge in [-0.1, -0.05) is 36.8 Å². The van der Waals surface area contributed by atoms with Gasteiger partial charge in [0.05, 0.1) is 32.2 Å². The van der Waals surface area contributed by atoms with Gasteiger partial charge < -0.3 is 14.8 Å². The molecule has 2 rings (SSSR count). The summed E-state index contributed by atoms with van der Waals surface area (Å²) in [6.07, 6.45) is 1.75. The van der Waals surface area contributed by atoms with Gasteiger partial charge in [0.2, 0.25) is 15.9 Å². The Kier molecular flexibility index (Phi) is 7.50. The lowest BCUT2D eigenvalue weighted by Crippen LogP contribution is -2.41. The van der Waals surface area contributed by atoms with E-state index in [4.69, 9.17) is 9.47 Å². The summed E-state index contributed by atoms with van der Waals surface area (Å²) in [6, 6.07) is 12.4. The quantitative estimate of drug-likeness (QED) is 0.674. The van der Waals surface area contributed by atoms with Crippen molar-refractivity contribution in [1.29, 1.82) is 0 Å². The maximum atomic E-state index is 12.7. The smallest absolute Gasteiger partial charge is 0.241 e. The number of amides is 1. The zero-order chi connectivity index (χ0) is 21.6. The monoisotopic (exact) mass is 420 g/mol. The van der Waals surface area contributed by atoms with Crippen molar-refractivity contribution < 1.29 is 22.7 Å². The van der Waals surface area contributed by atoms with E-state index in [9.17, 15) is 13.2 Å². The molecule has 1 atom stereocenters. The van der Waals surface area contributed by atoms with Crippen molar-refractivity contribution in [3.05, 3.63) is 53.6 Å². The molecule has 0 bridgehead atoms. The predicted octanol–water partition coefficient (Wildman–Crippen LogP) is 3.05. The van der Waals surface area contributed by atoms with E-state index < -0.39 is 15.9 Å². The fourth-order valence-electron chi connectivity index (χ4n) is 2.97. The fourth-order valence-corrected chi connectivity index (χ4v) is 3.82. The van der Waals surface area contributed by atoms with Crippen molar-refractivity contribution in [2.45, 2.75) is 26.3 Å². The van der Waals surface area contributed by atoms with Crippen LogP contribution in [0, 0.1) is 6.92 Å². The Morgan fingerprint density at radius 1 is 1.07 bits per heavy atom. The topological polar surface area (TPSA) is 84.9 Å². The van der Waals surface area contributed by atoms with Crippen molar-refractivity contribution >= 4 is 21.6 Å². The lowest BCUT2D eigenvalue weighted by Gasteiger charge is -2.24. The van der Waals surface area contributed by atoms with E-state index in [1.165, 1.54) is 20.3 Å². The number of ether oxygens (including phenoxy) is 2. The first-order valence-corrected chi connectivity index (χ1v) is 11.1. The van der Waals surface area contributed by atoms with Gasteiger partial charge in [0.25, 0.3) is 0 Å². The molecule has 0 fully saturated rings. The van der Waals surface area contributed by atoms with Crippen molar-refractivity contribution in [1.82, 2.24) is 5.32 Å². The zero-order valence-electron chi connectivity index (χ0n) is 17.4. The minimum atomic E-state index is -3.69. The summed E-state index contributed by atoms with van der Waals surface area (Å²) in [5, 5.41) is 2.92. The normalized spacial score (nSPS) is 12.2. The third-order valence-corrected chi connectivity index (χ3v) is 5.71. The Bertz CT molecular complexity index is 942. The number of benzene rings is 2. The average molecular weight is 421 g/mol. The van der Waals surface area contributed by atoms with Gasteiger partial charge in [-0.05, 0) is 31.0 Å². The van der Waals surface area contributed by atoms with Gasteiger partial charge in [-0.2, -0.15) is 0 Å². The van der Waals surface area contributed by atoms with Crippen molar-refractivity contribution in [2.24, 2.45) is 0 Å². The largest absolute Gasteiger partial charge is 0.493 e. The summed E-state index contributed by atoms with van der Waals surface area (Å²) in [7, 11) is -0.734. The summed E-state index contributed by atoms with van der Waals surface area (Å²) in [5.41, 5.74) is 2.43. The molecule has 8 heteroatoms. The summed E-state index contributed by atoms with van der Waals surface area (Å²) in [5.74, 6) is 0.461. The van der Waals surface area contributed by atoms with Crippen LogP contribution in [0.4, 0.5) is 5.69 Å². The number of carbonyl (C=O) groups excluding carboxylic acids is 1. The van der Waals surface area contributed by atoms with E-state index in [1.54, 1.807) is 12.1 Å². The molecular weight excluding hydrogens is 392 g/mol. The van der Waals surface area contributed by atoms with Crippen molar-refractivity contribution in [3.63, 3.8) is 0 Å². The number of carbonyl (C=O) groups is 1. The summed E-state index contributed by atoms with van der Waals surface area (Å²) >= 11 is 0. The van der Waals surface area contributed by atoms with E-state index in [1.807, 2.05) is 38.1 Å². The van der Waals surface area contributed by atoms with Gasteiger partial charge >= 0.3 is 0 Å². The Labute approximate surface area is 172 Å². The summed E-state index contributed by atoms with van der Waals surface area (Å²) in [4.78, 5) is 12.7. The molecule has 0 saturated heterocycles. The number of sulfonamides is 1. The highest BCUT2D eigenvalue weighted by Crippen LogP contribution is 2.32. The summed E-state index contributed by atoms with van der Waals surface area (Å²) < 4.78 is 36.2. The van der Waals surface area contributed by atoms with E-state index >= 15 is 0 Å². The van der Waals surface area contributed by atoms with Crippen LogP contribution in [0.15, 0.2) is 42.5 Å². The van der Waals surface area contributed by atoms with Gasteiger partial charge in [-0.15, -0.1) is 0 Å². The maximum absolute atomic E-state index is 12.7. The van der Waals surface area contributed by atoms with E-state index in [-0.39, 0.29) is 12.6 Å². The molecule has 29 heavy (non-hydrogen) atoms. The molecule has 0 aliphatic carbocycles. The second-order valence-electron chi connectivity index (χ2n) is 6.75. The first kappa shape index (κ1) is 22.5. The highest BCUT2D eigenvalue weighted by Gasteiger charge is 2.23. The number of nitrogens with zero attached hydrogens (tertiary/aromatic N) is 1. The van der Waals surface area contributed by atoms with Crippen LogP contribution in [-0.4, -0.2) is 41.3 Å². The van der Waals surface area contributed by atoms with Crippen LogP contribution in [0.2, 0.25) is 0 Å². The molecule has 0 heterocycles. The highest BCUT2D eigenvalue weighted by molar-refractivity contribution is 7.92. The Hall–Kier alpha value is -2.74. The van der Waals surface area contributed by atoms with E-state index in [0.29, 0.717) is 23.6 Å². The van der Waals surface area contributed by atoms with Crippen molar-refractivity contribution in [3.8, 4) is 11.5 Å². The molecule has 1 unspecified atom stereocenters. The van der Waals surface area contributed by atoms with E-state index in [2.05, 4.69) is 5.32 Å².